The molecule has 37 heavy (non-hydrogen) atoms. The average Bonchev–Trinajstić information content (AvgIpc) is 3.29. The van der Waals surface area contributed by atoms with Crippen LogP contribution in [0.25, 0.3) is 0 Å². The molecule has 1 atom stereocenters. The van der Waals surface area contributed by atoms with Gasteiger partial charge in [-0.2, -0.15) is 4.37 Å². The first-order valence-electron chi connectivity index (χ1n) is 11.2. The number of ether oxygens (including phenoxy) is 3. The number of anilines is 2. The van der Waals surface area contributed by atoms with E-state index in [-0.39, 0.29) is 35.2 Å². The fraction of sp³-hybridized carbons (Fsp3) is 0.250. The van der Waals surface area contributed by atoms with Crippen LogP contribution in [0, 0.1) is 0 Å². The predicted molar refractivity (Wildman–Crippen MR) is 135 cm³/mol. The molecular formula is C24H25N5O7S. The molecule has 1 unspecified atom stereocenters. The molecule has 6 N–H and O–H groups in total. The smallest absolute Gasteiger partial charge is 0.273 e. The van der Waals surface area contributed by atoms with E-state index in [9.17, 15) is 19.5 Å². The number of nitrogen functional groups attached to an aromatic ring is 1. The van der Waals surface area contributed by atoms with Crippen LogP contribution in [0.5, 0.6) is 17.2 Å². The van der Waals surface area contributed by atoms with Gasteiger partial charge in [0, 0.05) is 25.4 Å². The summed E-state index contributed by atoms with van der Waals surface area (Å²) in [5, 5.41) is 12.6. The number of primary amides is 1. The third kappa shape index (κ3) is 5.42. The van der Waals surface area contributed by atoms with Gasteiger partial charge >= 0.3 is 0 Å². The Hall–Kier alpha value is -4.36. The Morgan fingerprint density at radius 1 is 1.16 bits per heavy atom. The van der Waals surface area contributed by atoms with Gasteiger partial charge < -0.3 is 36.1 Å². The zero-order chi connectivity index (χ0) is 26.5. The van der Waals surface area contributed by atoms with E-state index in [1.54, 1.807) is 18.2 Å². The van der Waals surface area contributed by atoms with Crippen molar-refractivity contribution in [2.75, 3.05) is 44.1 Å². The second-order valence-electron chi connectivity index (χ2n) is 7.92. The van der Waals surface area contributed by atoms with E-state index >= 15 is 0 Å². The number of carbonyl (C=O) groups is 3. The highest BCUT2D eigenvalue weighted by atomic mass is 32.1. The summed E-state index contributed by atoms with van der Waals surface area (Å²) in [6.45, 7) is 1.12. The summed E-state index contributed by atoms with van der Waals surface area (Å²) in [6, 6.07) is 9.46. The highest BCUT2D eigenvalue weighted by Crippen LogP contribution is 2.39. The Morgan fingerprint density at radius 3 is 2.51 bits per heavy atom. The van der Waals surface area contributed by atoms with Crippen LogP contribution in [0.2, 0.25) is 0 Å². The molecule has 2 aromatic carbocycles. The molecule has 3 amide bonds. The number of nitrogens with two attached hydrogens (primary N) is 2. The van der Waals surface area contributed by atoms with E-state index in [1.807, 2.05) is 0 Å². The Labute approximate surface area is 215 Å². The predicted octanol–water partition coefficient (Wildman–Crippen LogP) is 1.45. The lowest BCUT2D eigenvalue weighted by molar-refractivity contribution is -0.122. The number of aromatic hydroxyl groups is 1. The lowest BCUT2D eigenvalue weighted by Crippen LogP contribution is -2.44. The van der Waals surface area contributed by atoms with Crippen LogP contribution in [0.4, 0.5) is 11.4 Å². The van der Waals surface area contributed by atoms with Crippen LogP contribution < -0.4 is 31.2 Å². The van der Waals surface area contributed by atoms with Crippen LogP contribution in [-0.2, 0) is 9.53 Å². The molecule has 1 aliphatic rings. The first kappa shape index (κ1) is 25.7. The normalized spacial score (nSPS) is 13.0. The van der Waals surface area contributed by atoms with Crippen molar-refractivity contribution in [1.29, 1.82) is 0 Å². The fourth-order valence-electron chi connectivity index (χ4n) is 3.75. The molecule has 0 fully saturated rings. The average molecular weight is 528 g/mol. The number of nitrogens with zero attached hydrogens (tertiary/aromatic N) is 2. The second kappa shape index (κ2) is 11.1. The summed E-state index contributed by atoms with van der Waals surface area (Å²) in [7, 11) is 1.50. The molecule has 194 valence electrons. The van der Waals surface area contributed by atoms with E-state index in [0.717, 1.165) is 0 Å². The minimum atomic E-state index is -1.22. The van der Waals surface area contributed by atoms with Gasteiger partial charge in [0.1, 0.15) is 29.9 Å². The molecule has 0 aliphatic carbocycles. The van der Waals surface area contributed by atoms with E-state index in [1.165, 1.54) is 36.3 Å². The number of phenols is 1. The highest BCUT2D eigenvalue weighted by molar-refractivity contribution is 7.09. The molecule has 13 heteroatoms. The topological polar surface area (TPSA) is 179 Å². The summed E-state index contributed by atoms with van der Waals surface area (Å²) in [6.07, 6.45) is 0. The largest absolute Gasteiger partial charge is 0.508 e. The molecule has 4 rings (SSSR count). The maximum Gasteiger partial charge on any atom is 0.273 e. The van der Waals surface area contributed by atoms with Crippen molar-refractivity contribution in [2.24, 2.45) is 5.73 Å². The van der Waals surface area contributed by atoms with Gasteiger partial charge in [0.15, 0.2) is 17.2 Å². The third-order valence-corrected chi connectivity index (χ3v) is 6.35. The number of aromatic nitrogens is 1. The number of rotatable bonds is 9. The summed E-state index contributed by atoms with van der Waals surface area (Å²) >= 11 is 0.698. The van der Waals surface area contributed by atoms with Crippen LogP contribution >= 0.6 is 11.5 Å². The summed E-state index contributed by atoms with van der Waals surface area (Å²) in [5.41, 5.74) is 11.7. The molecule has 1 aliphatic heterocycles. The van der Waals surface area contributed by atoms with Gasteiger partial charge in [-0.25, -0.2) is 0 Å². The summed E-state index contributed by atoms with van der Waals surface area (Å²) in [4.78, 5) is 40.5. The van der Waals surface area contributed by atoms with Crippen molar-refractivity contribution in [1.82, 2.24) is 9.69 Å². The molecule has 0 radical (unpaired) electrons. The van der Waals surface area contributed by atoms with Crippen molar-refractivity contribution >= 4 is 40.6 Å². The van der Waals surface area contributed by atoms with Crippen LogP contribution in [0.15, 0.2) is 42.5 Å². The molecule has 0 spiro atoms. The van der Waals surface area contributed by atoms with Gasteiger partial charge in [-0.3, -0.25) is 19.3 Å². The van der Waals surface area contributed by atoms with Crippen LogP contribution in [-0.4, -0.2) is 60.7 Å². The molecule has 1 aromatic heterocycles. The molecule has 0 saturated carbocycles. The number of methoxy groups -OCH3 is 1. The van der Waals surface area contributed by atoms with Crippen molar-refractivity contribution in [3.05, 3.63) is 58.6 Å². The zero-order valence-electron chi connectivity index (χ0n) is 19.8. The summed E-state index contributed by atoms with van der Waals surface area (Å²) in [5.74, 6) is -1.24. The van der Waals surface area contributed by atoms with E-state index < -0.39 is 23.8 Å². The van der Waals surface area contributed by atoms with Gasteiger partial charge in [0.2, 0.25) is 5.91 Å². The third-order valence-electron chi connectivity index (χ3n) is 5.50. The molecule has 12 nitrogen and oxygen atoms in total. The molecule has 2 heterocycles. The van der Waals surface area contributed by atoms with Gasteiger partial charge in [-0.15, -0.1) is 0 Å². The number of benzene rings is 2. The SMILES string of the molecule is COCCNC(=O)C(c1ccc(O)cc1)N(C(=O)c1snc(C(N)=O)c1N)c1ccc2c(c1)OCCO2. The zero-order valence-corrected chi connectivity index (χ0v) is 20.6. The number of nitrogens with one attached hydrogen (secondary N) is 1. The number of phenolic OH excluding ortho intramolecular Hbond substituents is 1. The fourth-order valence-corrected chi connectivity index (χ4v) is 4.49. The monoisotopic (exact) mass is 527 g/mol. The summed E-state index contributed by atoms with van der Waals surface area (Å²) < 4.78 is 20.3. The minimum absolute atomic E-state index is 0.0164. The maximum atomic E-state index is 14.0. The van der Waals surface area contributed by atoms with E-state index in [2.05, 4.69) is 9.69 Å². The van der Waals surface area contributed by atoms with Gasteiger partial charge in [-0.05, 0) is 41.4 Å². The first-order chi connectivity index (χ1) is 17.8. The molecule has 3 aromatic rings. The minimum Gasteiger partial charge on any atom is -0.508 e. The lowest BCUT2D eigenvalue weighted by atomic mass is 10.0. The van der Waals surface area contributed by atoms with Crippen molar-refractivity contribution in [3.8, 4) is 17.2 Å². The number of hydrogen-bond donors (Lipinski definition) is 4. The van der Waals surface area contributed by atoms with Crippen LogP contribution in [0.1, 0.15) is 31.8 Å². The Kier molecular flexibility index (Phi) is 7.74. The van der Waals surface area contributed by atoms with Gasteiger partial charge in [0.05, 0.1) is 12.3 Å². The number of amides is 3. The number of hydrogen-bond acceptors (Lipinski definition) is 10. The molecule has 0 saturated heterocycles. The Morgan fingerprint density at radius 2 is 1.86 bits per heavy atom. The Bertz CT molecular complexity index is 1310. The Balaban J connectivity index is 1.87. The van der Waals surface area contributed by atoms with Crippen molar-refractivity contribution in [3.63, 3.8) is 0 Å². The maximum absolute atomic E-state index is 14.0. The van der Waals surface area contributed by atoms with Crippen molar-refractivity contribution < 1.29 is 33.7 Å². The number of carbonyl (C=O) groups excluding carboxylic acids is 3. The molecule has 0 bridgehead atoms. The van der Waals surface area contributed by atoms with Gasteiger partial charge in [-0.1, -0.05) is 12.1 Å². The highest BCUT2D eigenvalue weighted by Gasteiger charge is 2.36. The van der Waals surface area contributed by atoms with E-state index in [4.69, 9.17) is 25.7 Å². The number of fused-ring (bicyclic) bond motifs is 1. The molecular weight excluding hydrogens is 502 g/mol. The lowest BCUT2D eigenvalue weighted by Gasteiger charge is -2.32. The van der Waals surface area contributed by atoms with Crippen molar-refractivity contribution in [2.45, 2.75) is 6.04 Å². The standard InChI is InChI=1S/C24H25N5O7S/c1-34-9-8-27-23(32)20(13-2-5-15(30)6-3-13)29(14-4-7-16-17(12-14)36-11-10-35-16)24(33)21-18(25)19(22(26)31)28-37-21/h2-7,12,20,30H,8-11,25H2,1H3,(H2,26,31)(H,27,32). The van der Waals surface area contributed by atoms with E-state index in [0.29, 0.717) is 47.5 Å². The van der Waals surface area contributed by atoms with Gasteiger partial charge in [0.25, 0.3) is 11.8 Å². The first-order valence-corrected chi connectivity index (χ1v) is 11.9. The van der Waals surface area contributed by atoms with Crippen LogP contribution in [0.3, 0.4) is 0 Å². The quantitative estimate of drug-likeness (QED) is 0.300. The second-order valence-corrected chi connectivity index (χ2v) is 8.69.